The van der Waals surface area contributed by atoms with Crippen LogP contribution in [0.25, 0.3) is 10.9 Å². The van der Waals surface area contributed by atoms with Crippen molar-refractivity contribution in [1.82, 2.24) is 4.98 Å². The number of fused-ring (bicyclic) bond motifs is 7. The van der Waals surface area contributed by atoms with Crippen molar-refractivity contribution >= 4 is 28.2 Å². The number of carbonyl (C=O) groups excluding carboxylic acids is 2. The standard InChI is InChI=1S/C22H30O5.C13H14N2/c1-12-8-14-15-5-7-22(27,18(26)11-23)21(15,3)10-17(25)19(14)20(2)6-4-13(24)9-16(12)20;14-13-9-5-1-3-7-11(9)15-12-8-4-2-6-10(12)13/h4,6,9,12,14-15,17,19,23,25,27H,5,7-8,10-11H2,1-3H3;1,3,5,7H,2,4,6,8H2,(H2,14,15)/t12-,14-,15-,17-,19+,20-,21-,22-;/m0./s1. The Labute approximate surface area is 247 Å². The molecular weight excluding hydrogens is 528 g/mol. The van der Waals surface area contributed by atoms with Gasteiger partial charge in [-0.2, -0.15) is 0 Å². The lowest BCUT2D eigenvalue weighted by Gasteiger charge is -2.60. The van der Waals surface area contributed by atoms with Crippen molar-refractivity contribution < 1.29 is 24.9 Å². The minimum absolute atomic E-state index is 0.00620. The van der Waals surface area contributed by atoms with Gasteiger partial charge in [-0.05, 0) is 92.9 Å². The number of hydrogen-bond acceptors (Lipinski definition) is 7. The van der Waals surface area contributed by atoms with E-state index in [-0.39, 0.29) is 34.9 Å². The maximum absolute atomic E-state index is 12.4. The van der Waals surface area contributed by atoms with Crippen molar-refractivity contribution in [1.29, 1.82) is 0 Å². The molecule has 3 saturated carbocycles. The maximum Gasteiger partial charge on any atom is 0.190 e. The molecule has 0 bridgehead atoms. The van der Waals surface area contributed by atoms with E-state index in [9.17, 15) is 24.9 Å². The monoisotopic (exact) mass is 572 g/mol. The van der Waals surface area contributed by atoms with Crippen LogP contribution in [-0.2, 0) is 22.4 Å². The van der Waals surface area contributed by atoms with Crippen LogP contribution < -0.4 is 5.73 Å². The first-order chi connectivity index (χ1) is 19.9. The molecule has 42 heavy (non-hydrogen) atoms. The number of para-hydroxylation sites is 1. The Morgan fingerprint density at radius 1 is 1.17 bits per heavy atom. The first-order valence-electron chi connectivity index (χ1n) is 15.6. The predicted molar refractivity (Wildman–Crippen MR) is 162 cm³/mol. The van der Waals surface area contributed by atoms with Crippen LogP contribution in [0.5, 0.6) is 0 Å². The molecule has 7 heteroatoms. The summed E-state index contributed by atoms with van der Waals surface area (Å²) < 4.78 is 0. The third kappa shape index (κ3) is 4.22. The van der Waals surface area contributed by atoms with Crippen molar-refractivity contribution in [3.63, 3.8) is 0 Å². The maximum atomic E-state index is 12.4. The van der Waals surface area contributed by atoms with Crippen LogP contribution in [0.4, 0.5) is 5.69 Å². The Hall–Kier alpha value is -2.87. The molecule has 8 atom stereocenters. The zero-order chi connectivity index (χ0) is 30.0. The Bertz CT molecular complexity index is 1500. The number of pyridine rings is 1. The molecule has 7 nitrogen and oxygen atoms in total. The summed E-state index contributed by atoms with van der Waals surface area (Å²) in [6.45, 7) is 5.48. The highest BCUT2D eigenvalue weighted by Crippen LogP contribution is 2.67. The zero-order valence-electron chi connectivity index (χ0n) is 25.0. The highest BCUT2D eigenvalue weighted by molar-refractivity contribution is 6.01. The molecule has 0 spiro atoms. The first-order valence-corrected chi connectivity index (χ1v) is 15.6. The fourth-order valence-corrected chi connectivity index (χ4v) is 9.75. The average Bonchev–Trinajstić information content (AvgIpc) is 3.24. The van der Waals surface area contributed by atoms with E-state index in [0.29, 0.717) is 12.8 Å². The van der Waals surface area contributed by atoms with Crippen LogP contribution in [-0.4, -0.2) is 50.2 Å². The van der Waals surface area contributed by atoms with Crippen molar-refractivity contribution in [2.75, 3.05) is 12.3 Å². The number of aryl methyl sites for hydroxylation is 1. The van der Waals surface area contributed by atoms with Crippen molar-refractivity contribution in [2.24, 2.45) is 34.5 Å². The third-order valence-corrected chi connectivity index (χ3v) is 11.8. The van der Waals surface area contributed by atoms with Gasteiger partial charge in [-0.3, -0.25) is 14.6 Å². The van der Waals surface area contributed by atoms with Crippen molar-refractivity contribution in [3.05, 3.63) is 59.3 Å². The minimum Gasteiger partial charge on any atom is -0.398 e. The van der Waals surface area contributed by atoms with Gasteiger partial charge in [-0.15, -0.1) is 0 Å². The smallest absolute Gasteiger partial charge is 0.190 e. The number of ketones is 2. The summed E-state index contributed by atoms with van der Waals surface area (Å²) in [5.74, 6) is -0.0768. The molecule has 1 aromatic heterocycles. The van der Waals surface area contributed by atoms with Gasteiger partial charge in [0.15, 0.2) is 11.6 Å². The zero-order valence-corrected chi connectivity index (χ0v) is 25.0. The van der Waals surface area contributed by atoms with Gasteiger partial charge in [0.2, 0.25) is 0 Å². The molecule has 2 aromatic rings. The number of nitrogens with zero attached hydrogens (tertiary/aromatic N) is 1. The molecule has 0 amide bonds. The predicted octanol–water partition coefficient (Wildman–Crippen LogP) is 4.50. The van der Waals surface area contributed by atoms with Crippen LogP contribution in [0.15, 0.2) is 48.1 Å². The number of aliphatic hydroxyl groups is 3. The lowest BCUT2D eigenvalue weighted by molar-refractivity contribution is -0.180. The fraction of sp³-hybridized carbons (Fsp3) is 0.571. The molecule has 0 unspecified atom stereocenters. The quantitative estimate of drug-likeness (QED) is 0.416. The molecule has 5 aliphatic carbocycles. The number of hydrogen-bond donors (Lipinski definition) is 4. The molecule has 224 valence electrons. The lowest BCUT2D eigenvalue weighted by Crippen LogP contribution is -2.62. The van der Waals surface area contributed by atoms with E-state index in [4.69, 9.17) is 10.7 Å². The molecule has 0 aliphatic heterocycles. The van der Waals surface area contributed by atoms with E-state index in [1.54, 1.807) is 12.2 Å². The van der Waals surface area contributed by atoms with Crippen LogP contribution in [0.3, 0.4) is 0 Å². The SMILES string of the molecule is C[C@H]1C[C@@H]2[C@H]([C@@H](O)C[C@@]3(C)[C@H]2CC[C@]3(O)C(=O)CO)[C@@]2(C)C=CC(=O)C=C12.Nc1c2c(nc3ccccc13)CCCC2. The summed E-state index contributed by atoms with van der Waals surface area (Å²) in [5, 5.41) is 33.0. The Morgan fingerprint density at radius 2 is 1.90 bits per heavy atom. The number of rotatable bonds is 2. The van der Waals surface area contributed by atoms with E-state index >= 15 is 0 Å². The Balaban J connectivity index is 0.000000177. The molecule has 3 fully saturated rings. The second kappa shape index (κ2) is 10.4. The highest BCUT2D eigenvalue weighted by Gasteiger charge is 2.68. The lowest BCUT2D eigenvalue weighted by atomic mass is 9.45. The van der Waals surface area contributed by atoms with Gasteiger partial charge in [-0.25, -0.2) is 0 Å². The molecule has 1 heterocycles. The number of carbonyl (C=O) groups is 2. The summed E-state index contributed by atoms with van der Waals surface area (Å²) in [7, 11) is 0. The van der Waals surface area contributed by atoms with Crippen LogP contribution >= 0.6 is 0 Å². The summed E-state index contributed by atoms with van der Waals surface area (Å²) in [4.78, 5) is 29.1. The fourth-order valence-electron chi connectivity index (χ4n) is 9.75. The van der Waals surface area contributed by atoms with Crippen molar-refractivity contribution in [2.45, 2.75) is 83.8 Å². The van der Waals surface area contributed by atoms with Gasteiger partial charge < -0.3 is 21.1 Å². The number of allylic oxidation sites excluding steroid dienone is 4. The number of anilines is 1. The number of aromatic nitrogens is 1. The molecular formula is C35H44N2O5. The van der Waals surface area contributed by atoms with Gasteiger partial charge in [0.1, 0.15) is 12.2 Å². The van der Waals surface area contributed by atoms with Gasteiger partial charge in [0.25, 0.3) is 0 Å². The summed E-state index contributed by atoms with van der Waals surface area (Å²) in [6, 6.07) is 8.15. The number of benzene rings is 1. The topological polar surface area (TPSA) is 134 Å². The number of nitrogens with two attached hydrogens (primary N) is 1. The molecule has 1 aromatic carbocycles. The highest BCUT2D eigenvalue weighted by atomic mass is 16.3. The Kier molecular flexibility index (Phi) is 7.23. The van der Waals surface area contributed by atoms with Crippen LogP contribution in [0.2, 0.25) is 0 Å². The second-order valence-electron chi connectivity index (χ2n) is 13.9. The molecule has 0 radical (unpaired) electrons. The van der Waals surface area contributed by atoms with Gasteiger partial charge in [-0.1, -0.05) is 50.6 Å². The second-order valence-corrected chi connectivity index (χ2v) is 13.9. The summed E-state index contributed by atoms with van der Waals surface area (Å²) in [6.07, 6.45) is 11.5. The van der Waals surface area contributed by atoms with Gasteiger partial charge in [0, 0.05) is 33.5 Å². The van der Waals surface area contributed by atoms with Gasteiger partial charge >= 0.3 is 0 Å². The number of aliphatic hydroxyl groups excluding tert-OH is 2. The minimum atomic E-state index is -1.57. The normalized spacial score (nSPS) is 38.4. The third-order valence-electron chi connectivity index (χ3n) is 11.8. The molecule has 5 N–H and O–H groups in total. The molecule has 7 rings (SSSR count). The van der Waals surface area contributed by atoms with E-state index in [1.807, 2.05) is 31.2 Å². The first kappa shape index (κ1) is 29.2. The summed E-state index contributed by atoms with van der Waals surface area (Å²) in [5.41, 5.74) is 9.11. The average molecular weight is 573 g/mol. The Morgan fingerprint density at radius 3 is 2.67 bits per heavy atom. The van der Waals surface area contributed by atoms with E-state index in [0.717, 1.165) is 47.8 Å². The van der Waals surface area contributed by atoms with Crippen molar-refractivity contribution in [3.8, 4) is 0 Å². The van der Waals surface area contributed by atoms with Crippen LogP contribution in [0, 0.1) is 34.5 Å². The number of Topliss-reactive ketones (excluding diaryl/α,β-unsaturated/α-hetero) is 1. The number of nitrogen functional groups attached to an aromatic ring is 1. The largest absolute Gasteiger partial charge is 0.398 e. The molecule has 0 saturated heterocycles. The van der Waals surface area contributed by atoms with Gasteiger partial charge in [0.05, 0.1) is 11.6 Å². The molecule has 5 aliphatic rings. The van der Waals surface area contributed by atoms with E-state index in [1.165, 1.54) is 24.1 Å². The summed E-state index contributed by atoms with van der Waals surface area (Å²) >= 11 is 0. The van der Waals surface area contributed by atoms with E-state index < -0.39 is 29.5 Å². The van der Waals surface area contributed by atoms with E-state index in [2.05, 4.69) is 19.9 Å². The van der Waals surface area contributed by atoms with Crippen LogP contribution in [0.1, 0.15) is 70.6 Å².